The molecule has 0 aliphatic carbocycles. The van der Waals surface area contributed by atoms with Crippen molar-refractivity contribution in [2.45, 2.75) is 18.5 Å². The molecule has 0 saturated heterocycles. The Labute approximate surface area is 126 Å². The van der Waals surface area contributed by atoms with E-state index in [9.17, 15) is 9.90 Å². The van der Waals surface area contributed by atoms with E-state index in [1.165, 1.54) is 0 Å². The first kappa shape index (κ1) is 13.1. The highest BCUT2D eigenvalue weighted by Crippen LogP contribution is 2.34. The van der Waals surface area contributed by atoms with Crippen LogP contribution in [0.15, 0.2) is 36.7 Å². The van der Waals surface area contributed by atoms with E-state index in [4.69, 9.17) is 0 Å². The van der Waals surface area contributed by atoms with Crippen molar-refractivity contribution >= 4 is 16.9 Å². The second kappa shape index (κ2) is 4.71. The molecule has 0 unspecified atom stereocenters. The zero-order chi connectivity index (χ0) is 15.3. The number of aryl methyl sites for hydroxylation is 1. The van der Waals surface area contributed by atoms with E-state index in [-0.39, 0.29) is 6.04 Å². The molecule has 0 amide bonds. The summed E-state index contributed by atoms with van der Waals surface area (Å²) >= 11 is 0. The van der Waals surface area contributed by atoms with Crippen LogP contribution in [0.2, 0.25) is 0 Å². The van der Waals surface area contributed by atoms with E-state index >= 15 is 0 Å². The Kier molecular flexibility index (Phi) is 2.80. The topological polar surface area (TPSA) is 82.9 Å². The van der Waals surface area contributed by atoms with Crippen molar-refractivity contribution < 1.29 is 9.90 Å². The Morgan fingerprint density at radius 3 is 2.95 bits per heavy atom. The number of carbonyl (C=O) groups is 1. The molecular formula is C16H16N4O2. The van der Waals surface area contributed by atoms with E-state index < -0.39 is 12.0 Å². The van der Waals surface area contributed by atoms with Crippen molar-refractivity contribution in [3.63, 3.8) is 0 Å². The van der Waals surface area contributed by atoms with Gasteiger partial charge < -0.3 is 10.1 Å². The lowest BCUT2D eigenvalue weighted by Crippen LogP contribution is -2.44. The molecule has 6 heteroatoms. The number of carboxylic acid groups (broad SMARTS) is 1. The summed E-state index contributed by atoms with van der Waals surface area (Å²) in [5.41, 5.74) is 4.11. The molecule has 6 nitrogen and oxygen atoms in total. The highest BCUT2D eigenvalue weighted by molar-refractivity contribution is 5.87. The van der Waals surface area contributed by atoms with Crippen molar-refractivity contribution in [1.82, 2.24) is 20.1 Å². The highest BCUT2D eigenvalue weighted by Gasteiger charge is 2.34. The van der Waals surface area contributed by atoms with Gasteiger partial charge in [-0.15, -0.1) is 0 Å². The van der Waals surface area contributed by atoms with Gasteiger partial charge in [0.2, 0.25) is 0 Å². The van der Waals surface area contributed by atoms with Crippen molar-refractivity contribution in [1.29, 1.82) is 0 Å². The minimum Gasteiger partial charge on any atom is -0.480 e. The van der Waals surface area contributed by atoms with Crippen LogP contribution in [0.3, 0.4) is 0 Å². The summed E-state index contributed by atoms with van der Waals surface area (Å²) < 4.78 is 1.73. The second-order valence-corrected chi connectivity index (χ2v) is 5.70. The maximum Gasteiger partial charge on any atom is 0.321 e. The smallest absolute Gasteiger partial charge is 0.321 e. The number of nitrogens with one attached hydrogen (secondary N) is 2. The van der Waals surface area contributed by atoms with Crippen LogP contribution < -0.4 is 5.32 Å². The molecule has 0 saturated carbocycles. The Bertz CT molecular complexity index is 864. The van der Waals surface area contributed by atoms with Crippen LogP contribution in [-0.4, -0.2) is 31.9 Å². The van der Waals surface area contributed by atoms with E-state index in [1.54, 1.807) is 10.9 Å². The van der Waals surface area contributed by atoms with Crippen molar-refractivity contribution in [2.24, 2.45) is 7.05 Å². The fourth-order valence-electron chi connectivity index (χ4n) is 3.25. The molecule has 0 radical (unpaired) electrons. The fraction of sp³-hybridized carbons (Fsp3) is 0.250. The maximum absolute atomic E-state index is 11.5. The van der Waals surface area contributed by atoms with Crippen LogP contribution in [0, 0.1) is 0 Å². The van der Waals surface area contributed by atoms with E-state index in [1.807, 2.05) is 37.5 Å². The SMILES string of the molecule is Cn1cc([C@@H]2N[C@H](C(=O)O)Cc3c2[nH]c2ccccc32)cn1. The third-order valence-electron chi connectivity index (χ3n) is 4.27. The van der Waals surface area contributed by atoms with Gasteiger partial charge in [-0.25, -0.2) is 0 Å². The maximum atomic E-state index is 11.5. The molecule has 1 aliphatic rings. The molecule has 0 spiro atoms. The lowest BCUT2D eigenvalue weighted by Gasteiger charge is -2.28. The number of para-hydroxylation sites is 1. The van der Waals surface area contributed by atoms with Gasteiger partial charge >= 0.3 is 5.97 Å². The van der Waals surface area contributed by atoms with Crippen LogP contribution in [0.5, 0.6) is 0 Å². The lowest BCUT2D eigenvalue weighted by atomic mass is 9.91. The van der Waals surface area contributed by atoms with Crippen LogP contribution >= 0.6 is 0 Å². The number of aliphatic carboxylic acids is 1. The van der Waals surface area contributed by atoms with Gasteiger partial charge in [-0.3, -0.25) is 14.8 Å². The molecule has 4 rings (SSSR count). The molecule has 2 aromatic heterocycles. The van der Waals surface area contributed by atoms with Gasteiger partial charge in [-0.1, -0.05) is 18.2 Å². The minimum atomic E-state index is -0.829. The van der Waals surface area contributed by atoms with Gasteiger partial charge in [0.25, 0.3) is 0 Å². The van der Waals surface area contributed by atoms with E-state index in [0.29, 0.717) is 6.42 Å². The number of hydrogen-bond donors (Lipinski definition) is 3. The molecule has 3 N–H and O–H groups in total. The van der Waals surface area contributed by atoms with Crippen LogP contribution in [0.25, 0.3) is 10.9 Å². The first-order valence-corrected chi connectivity index (χ1v) is 7.20. The zero-order valence-corrected chi connectivity index (χ0v) is 12.1. The molecule has 3 aromatic rings. The monoisotopic (exact) mass is 296 g/mol. The van der Waals surface area contributed by atoms with Crippen molar-refractivity contribution in [3.8, 4) is 0 Å². The summed E-state index contributed by atoms with van der Waals surface area (Å²) in [6, 6.07) is 7.22. The van der Waals surface area contributed by atoms with Crippen molar-refractivity contribution in [2.75, 3.05) is 0 Å². The summed E-state index contributed by atoms with van der Waals surface area (Å²) in [4.78, 5) is 15.0. The van der Waals surface area contributed by atoms with E-state index in [2.05, 4.69) is 15.4 Å². The fourth-order valence-corrected chi connectivity index (χ4v) is 3.25. The van der Waals surface area contributed by atoms with Gasteiger partial charge in [0, 0.05) is 41.8 Å². The summed E-state index contributed by atoms with van der Waals surface area (Å²) in [6.45, 7) is 0. The summed E-state index contributed by atoms with van der Waals surface area (Å²) in [6.07, 6.45) is 4.17. The normalized spacial score (nSPS) is 21.0. The number of nitrogens with zero attached hydrogens (tertiary/aromatic N) is 2. The number of aromatic amines is 1. The quantitative estimate of drug-likeness (QED) is 0.670. The van der Waals surface area contributed by atoms with Crippen LogP contribution in [0.1, 0.15) is 22.9 Å². The molecule has 3 heterocycles. The van der Waals surface area contributed by atoms with Crippen LogP contribution in [0.4, 0.5) is 0 Å². The summed E-state index contributed by atoms with van der Waals surface area (Å²) in [5, 5.41) is 18.0. The number of fused-ring (bicyclic) bond motifs is 3. The molecule has 0 fully saturated rings. The molecule has 1 aromatic carbocycles. The Morgan fingerprint density at radius 1 is 1.41 bits per heavy atom. The van der Waals surface area contributed by atoms with Crippen LogP contribution in [-0.2, 0) is 18.3 Å². The Hall–Kier alpha value is -2.60. The number of hydrogen-bond acceptors (Lipinski definition) is 3. The zero-order valence-electron chi connectivity index (χ0n) is 12.1. The minimum absolute atomic E-state index is 0.189. The van der Waals surface area contributed by atoms with Gasteiger partial charge in [0.1, 0.15) is 6.04 Å². The molecule has 112 valence electrons. The largest absolute Gasteiger partial charge is 0.480 e. The predicted molar refractivity (Wildman–Crippen MR) is 81.6 cm³/mol. The van der Waals surface area contributed by atoms with E-state index in [0.717, 1.165) is 27.7 Å². The van der Waals surface area contributed by atoms with Gasteiger partial charge in [0.15, 0.2) is 0 Å². The standard InChI is InChI=1S/C16H16N4O2/c1-20-8-9(7-17-20)14-15-11(6-13(19-14)16(21)22)10-4-2-3-5-12(10)18-15/h2-5,7-8,13-14,18-19H,6H2,1H3,(H,21,22)/t13-,14-/m0/s1. The summed E-state index contributed by atoms with van der Waals surface area (Å²) in [7, 11) is 1.85. The number of rotatable bonds is 2. The number of benzene rings is 1. The third kappa shape index (κ3) is 1.92. The molecule has 22 heavy (non-hydrogen) atoms. The predicted octanol–water partition coefficient (Wildman–Crippen LogP) is 1.59. The second-order valence-electron chi connectivity index (χ2n) is 5.70. The van der Waals surface area contributed by atoms with Gasteiger partial charge in [-0.05, 0) is 11.6 Å². The molecule has 2 atom stereocenters. The molecular weight excluding hydrogens is 280 g/mol. The number of aromatic nitrogens is 3. The van der Waals surface area contributed by atoms with Gasteiger partial charge in [0.05, 0.1) is 12.2 Å². The average Bonchev–Trinajstić information content (AvgIpc) is 3.09. The first-order valence-electron chi connectivity index (χ1n) is 7.20. The number of carboxylic acids is 1. The average molecular weight is 296 g/mol. The first-order chi connectivity index (χ1) is 10.6. The summed E-state index contributed by atoms with van der Waals surface area (Å²) in [5.74, 6) is -0.829. The Morgan fingerprint density at radius 2 is 2.23 bits per heavy atom. The number of H-pyrrole nitrogens is 1. The van der Waals surface area contributed by atoms with Gasteiger partial charge in [-0.2, -0.15) is 5.10 Å². The Balaban J connectivity index is 1.91. The highest BCUT2D eigenvalue weighted by atomic mass is 16.4. The van der Waals surface area contributed by atoms with Crippen molar-refractivity contribution in [3.05, 3.63) is 53.5 Å². The molecule has 1 aliphatic heterocycles. The third-order valence-corrected chi connectivity index (χ3v) is 4.27. The molecule has 0 bridgehead atoms. The lowest BCUT2D eigenvalue weighted by molar-refractivity contribution is -0.139.